The number of hydrogen-bond donors (Lipinski definition) is 0. The molecule has 76 valence electrons. The van der Waals surface area contributed by atoms with Crippen LogP contribution in [0.1, 0.15) is 16.1 Å². The molecule has 0 unspecified atom stereocenters. The molecule has 0 fully saturated rings. The molecule has 0 radical (unpaired) electrons. The van der Waals surface area contributed by atoms with Crippen molar-refractivity contribution in [3.63, 3.8) is 0 Å². The van der Waals surface area contributed by atoms with Gasteiger partial charge in [-0.05, 0) is 24.1 Å². The van der Waals surface area contributed by atoms with E-state index >= 15 is 0 Å². The third-order valence-corrected chi connectivity index (χ3v) is 3.06. The Morgan fingerprint density at radius 2 is 1.73 bits per heavy atom. The fourth-order valence-corrected chi connectivity index (χ4v) is 2.13. The Morgan fingerprint density at radius 3 is 2.40 bits per heavy atom. The van der Waals surface area contributed by atoms with Crippen molar-refractivity contribution >= 4 is 15.9 Å². The van der Waals surface area contributed by atoms with Gasteiger partial charge in [-0.2, -0.15) is 0 Å². The molecule has 0 aliphatic heterocycles. The summed E-state index contributed by atoms with van der Waals surface area (Å²) in [5.74, 6) is 0. The molecular weight excluding hydrogens is 250 g/mol. The maximum Gasteiger partial charge on any atom is 0.0608 e. The fraction of sp³-hybridized carbons (Fsp3) is 0.154. The summed E-state index contributed by atoms with van der Waals surface area (Å²) in [5.41, 5.74) is 2.41. The van der Waals surface area contributed by atoms with Crippen LogP contribution in [0.3, 0.4) is 0 Å². The largest absolute Gasteiger partial charge is 0.260 e. The predicted molar refractivity (Wildman–Crippen MR) is 66.1 cm³/mol. The van der Waals surface area contributed by atoms with E-state index in [4.69, 9.17) is 0 Å². The zero-order valence-corrected chi connectivity index (χ0v) is 9.89. The van der Waals surface area contributed by atoms with E-state index in [0.29, 0.717) is 4.83 Å². The number of rotatable bonds is 3. The lowest BCUT2D eigenvalue weighted by atomic mass is 10.1. The van der Waals surface area contributed by atoms with Crippen molar-refractivity contribution in [2.75, 3.05) is 0 Å². The Labute approximate surface area is 98.3 Å². The molecule has 1 aromatic carbocycles. The van der Waals surface area contributed by atoms with Gasteiger partial charge in [0.1, 0.15) is 0 Å². The van der Waals surface area contributed by atoms with Gasteiger partial charge in [0.25, 0.3) is 0 Å². The molecule has 0 amide bonds. The van der Waals surface area contributed by atoms with E-state index in [1.54, 1.807) is 0 Å². The van der Waals surface area contributed by atoms with Crippen LogP contribution in [0, 0.1) is 0 Å². The van der Waals surface area contributed by atoms with Gasteiger partial charge in [-0.25, -0.2) is 0 Å². The molecule has 15 heavy (non-hydrogen) atoms. The highest BCUT2D eigenvalue weighted by Crippen LogP contribution is 2.24. The summed E-state index contributed by atoms with van der Waals surface area (Å²) < 4.78 is 0. The van der Waals surface area contributed by atoms with Gasteiger partial charge >= 0.3 is 0 Å². The third kappa shape index (κ3) is 2.90. The van der Waals surface area contributed by atoms with E-state index in [2.05, 4.69) is 45.2 Å². The van der Waals surface area contributed by atoms with Gasteiger partial charge in [0, 0.05) is 6.20 Å². The molecule has 1 nitrogen and oxygen atoms in total. The summed E-state index contributed by atoms with van der Waals surface area (Å²) in [5, 5.41) is 0. The van der Waals surface area contributed by atoms with Gasteiger partial charge < -0.3 is 0 Å². The van der Waals surface area contributed by atoms with Crippen LogP contribution >= 0.6 is 15.9 Å². The zero-order chi connectivity index (χ0) is 10.5. The molecule has 0 spiro atoms. The lowest BCUT2D eigenvalue weighted by molar-refractivity contribution is 0.904. The van der Waals surface area contributed by atoms with Crippen LogP contribution in [0.2, 0.25) is 0 Å². The van der Waals surface area contributed by atoms with Crippen LogP contribution in [-0.2, 0) is 6.42 Å². The number of nitrogens with zero attached hydrogens (tertiary/aromatic N) is 1. The Morgan fingerprint density at radius 1 is 1.00 bits per heavy atom. The molecule has 0 N–H and O–H groups in total. The summed E-state index contributed by atoms with van der Waals surface area (Å²) in [4.78, 5) is 4.62. The first kappa shape index (κ1) is 10.4. The molecular formula is C13H12BrN. The van der Waals surface area contributed by atoms with Gasteiger partial charge in [0.05, 0.1) is 10.5 Å². The third-order valence-electron chi connectivity index (χ3n) is 2.27. The van der Waals surface area contributed by atoms with Gasteiger partial charge in [-0.3, -0.25) is 4.98 Å². The highest BCUT2D eigenvalue weighted by molar-refractivity contribution is 9.09. The highest BCUT2D eigenvalue weighted by Gasteiger charge is 2.08. The average Bonchev–Trinajstić information content (AvgIpc) is 2.31. The lowest BCUT2D eigenvalue weighted by Crippen LogP contribution is -1.97. The smallest absolute Gasteiger partial charge is 0.0608 e. The van der Waals surface area contributed by atoms with Crippen molar-refractivity contribution in [3.05, 3.63) is 66.0 Å². The van der Waals surface area contributed by atoms with Crippen molar-refractivity contribution in [2.45, 2.75) is 11.2 Å². The van der Waals surface area contributed by atoms with E-state index < -0.39 is 0 Å². The number of pyridine rings is 1. The summed E-state index contributed by atoms with van der Waals surface area (Å²) in [6.45, 7) is 0. The summed E-state index contributed by atoms with van der Waals surface area (Å²) >= 11 is 3.66. The maximum atomic E-state index is 4.33. The van der Waals surface area contributed by atoms with Crippen molar-refractivity contribution in [1.29, 1.82) is 0 Å². The van der Waals surface area contributed by atoms with Gasteiger partial charge in [-0.1, -0.05) is 52.3 Å². The molecule has 0 saturated heterocycles. The molecule has 2 rings (SSSR count). The van der Waals surface area contributed by atoms with Crippen LogP contribution in [-0.4, -0.2) is 4.98 Å². The molecule has 2 aromatic rings. The van der Waals surface area contributed by atoms with Crippen molar-refractivity contribution in [3.8, 4) is 0 Å². The van der Waals surface area contributed by atoms with Crippen molar-refractivity contribution < 1.29 is 0 Å². The predicted octanol–water partition coefficient (Wildman–Crippen LogP) is 3.76. The van der Waals surface area contributed by atoms with Gasteiger partial charge in [-0.15, -0.1) is 0 Å². The first-order valence-corrected chi connectivity index (χ1v) is 5.87. The molecule has 0 bridgehead atoms. The average molecular weight is 262 g/mol. The topological polar surface area (TPSA) is 12.9 Å². The van der Waals surface area contributed by atoms with E-state index in [9.17, 15) is 0 Å². The van der Waals surface area contributed by atoms with E-state index in [-0.39, 0.29) is 0 Å². The first-order chi connectivity index (χ1) is 7.36. The van der Waals surface area contributed by atoms with Crippen molar-refractivity contribution in [2.24, 2.45) is 0 Å². The van der Waals surface area contributed by atoms with Crippen LogP contribution in [0.15, 0.2) is 54.7 Å². The Kier molecular flexibility index (Phi) is 3.51. The standard InChI is InChI=1S/C13H12BrN/c14-12(13-8-4-5-9-15-13)10-11-6-2-1-3-7-11/h1-9,12H,10H2/t12-/m1/s1. The second kappa shape index (κ2) is 5.08. The minimum absolute atomic E-state index is 0.293. The van der Waals surface area contributed by atoms with Gasteiger partial charge in [0.15, 0.2) is 0 Å². The summed E-state index contributed by atoms with van der Waals surface area (Å²) in [6.07, 6.45) is 2.80. The van der Waals surface area contributed by atoms with Crippen molar-refractivity contribution in [1.82, 2.24) is 4.98 Å². The van der Waals surface area contributed by atoms with Crippen LogP contribution in [0.25, 0.3) is 0 Å². The van der Waals surface area contributed by atoms with E-state index in [0.717, 1.165) is 12.1 Å². The fourth-order valence-electron chi connectivity index (χ4n) is 1.49. The molecule has 0 aliphatic carbocycles. The van der Waals surface area contributed by atoms with Gasteiger partial charge in [0.2, 0.25) is 0 Å². The number of aromatic nitrogens is 1. The van der Waals surface area contributed by atoms with Crippen LogP contribution < -0.4 is 0 Å². The normalized spacial score (nSPS) is 12.3. The Balaban J connectivity index is 2.08. The first-order valence-electron chi connectivity index (χ1n) is 4.95. The van der Waals surface area contributed by atoms with E-state index in [1.807, 2.05) is 30.5 Å². The monoisotopic (exact) mass is 261 g/mol. The molecule has 1 aromatic heterocycles. The molecule has 0 aliphatic rings. The molecule has 1 heterocycles. The minimum atomic E-state index is 0.293. The lowest BCUT2D eigenvalue weighted by Gasteiger charge is -2.08. The maximum absolute atomic E-state index is 4.33. The summed E-state index contributed by atoms with van der Waals surface area (Å²) in [6, 6.07) is 16.4. The quantitative estimate of drug-likeness (QED) is 0.767. The molecule has 1 atom stereocenters. The van der Waals surface area contributed by atoms with E-state index in [1.165, 1.54) is 5.56 Å². The molecule has 2 heteroatoms. The Hall–Kier alpha value is -1.15. The SMILES string of the molecule is Br[C@H](Cc1ccccc1)c1ccccn1. The Bertz CT molecular complexity index is 399. The highest BCUT2D eigenvalue weighted by atomic mass is 79.9. The number of alkyl halides is 1. The van der Waals surface area contributed by atoms with Crippen LogP contribution in [0.5, 0.6) is 0 Å². The number of benzene rings is 1. The van der Waals surface area contributed by atoms with Crippen LogP contribution in [0.4, 0.5) is 0 Å². The zero-order valence-electron chi connectivity index (χ0n) is 8.31. The second-order valence-electron chi connectivity index (χ2n) is 3.41. The summed E-state index contributed by atoms with van der Waals surface area (Å²) in [7, 11) is 0. The number of halogens is 1. The second-order valence-corrected chi connectivity index (χ2v) is 4.52. The molecule has 0 saturated carbocycles. The minimum Gasteiger partial charge on any atom is -0.260 e. The number of hydrogen-bond acceptors (Lipinski definition) is 1.